The van der Waals surface area contributed by atoms with Gasteiger partial charge in [-0.15, -0.1) is 0 Å². The number of ether oxygens (including phenoxy) is 2. The van der Waals surface area contributed by atoms with E-state index in [4.69, 9.17) is 19.4 Å². The third kappa shape index (κ3) is 6.97. The summed E-state index contributed by atoms with van der Waals surface area (Å²) >= 11 is 0. The van der Waals surface area contributed by atoms with E-state index in [-0.39, 0.29) is 0 Å². The minimum atomic E-state index is 0.359. The molecule has 1 fully saturated rings. The molecule has 0 aromatic heterocycles. The number of aliphatic hydroxyl groups excluding tert-OH is 1. The molecule has 57 valence electrons. The molecule has 1 rings (SSSR count). The molecule has 0 saturated carbocycles. The van der Waals surface area contributed by atoms with Crippen LogP contribution in [0.1, 0.15) is 0 Å². The summed E-state index contributed by atoms with van der Waals surface area (Å²) in [5.41, 5.74) is 0. The second-order valence-corrected chi connectivity index (χ2v) is 1.55. The first-order valence-corrected chi connectivity index (χ1v) is 2.70. The maximum Gasteiger partial charge on any atom is 0.414 e. The third-order valence-electron chi connectivity index (χ3n) is 0.802. The summed E-state index contributed by atoms with van der Waals surface area (Å²) in [7, 11) is 0. The van der Waals surface area contributed by atoms with E-state index < -0.39 is 0 Å². The van der Waals surface area contributed by atoms with E-state index in [0.29, 0.717) is 19.2 Å². The van der Waals surface area contributed by atoms with Crippen LogP contribution in [0.15, 0.2) is 12.8 Å². The number of epoxide rings is 1. The Morgan fingerprint density at radius 3 is 2.80 bits per heavy atom. The van der Waals surface area contributed by atoms with Crippen molar-refractivity contribution >= 4 is 6.47 Å². The minimum Gasteiger partial charge on any atom is -0.499 e. The molecule has 1 aliphatic rings. The van der Waals surface area contributed by atoms with E-state index >= 15 is 0 Å². The average molecular weight is 145 g/mol. The monoisotopic (exact) mass is 145 g/mol. The molecule has 1 aliphatic heterocycles. The molecule has 0 aromatic rings. The van der Waals surface area contributed by atoms with Gasteiger partial charge in [0.25, 0.3) is 0 Å². The normalized spacial score (nSPS) is 19.8. The molecule has 1 atom stereocenters. The van der Waals surface area contributed by atoms with Crippen molar-refractivity contribution in [3.8, 4) is 0 Å². The molecule has 1 N–H and O–H groups in total. The Labute approximate surface area is 59.1 Å². The van der Waals surface area contributed by atoms with Crippen LogP contribution in [0.25, 0.3) is 0 Å². The van der Waals surface area contributed by atoms with Crippen LogP contribution in [0.3, 0.4) is 0 Å². The quantitative estimate of drug-likeness (QED) is 0.454. The molecule has 0 bridgehead atoms. The summed E-state index contributed by atoms with van der Waals surface area (Å²) in [4.78, 5) is 8.24. The summed E-state index contributed by atoms with van der Waals surface area (Å²) in [5.74, 6) is 0. The van der Waals surface area contributed by atoms with Crippen molar-refractivity contribution in [1.82, 2.24) is 0 Å². The van der Waals surface area contributed by atoms with Gasteiger partial charge in [-0.3, -0.25) is 0 Å². The summed E-state index contributed by atoms with van der Waals surface area (Å²) in [6.45, 7) is 5.41. The summed E-state index contributed by atoms with van der Waals surface area (Å²) in [6.07, 6.45) is 1.79. The molecule has 0 spiro atoms. The highest BCUT2D eigenvalue weighted by molar-refractivity contribution is 5.34. The van der Waals surface area contributed by atoms with Crippen LogP contribution in [-0.4, -0.2) is 30.9 Å². The van der Waals surface area contributed by atoms with Crippen molar-refractivity contribution < 1.29 is 19.4 Å². The molecule has 1 heterocycles. The maximum atomic E-state index is 8.24. The Hall–Kier alpha value is -1.03. The van der Waals surface area contributed by atoms with E-state index in [1.807, 2.05) is 0 Å². The molecule has 1 radical (unpaired) electrons. The van der Waals surface area contributed by atoms with Gasteiger partial charge in [-0.25, -0.2) is 4.79 Å². The van der Waals surface area contributed by atoms with Crippen molar-refractivity contribution in [1.29, 1.82) is 0 Å². The van der Waals surface area contributed by atoms with Crippen molar-refractivity contribution in [3.05, 3.63) is 12.8 Å². The fourth-order valence-corrected chi connectivity index (χ4v) is 0.340. The van der Waals surface area contributed by atoms with Gasteiger partial charge < -0.3 is 14.6 Å². The predicted molar refractivity (Wildman–Crippen MR) is 34.2 cm³/mol. The van der Waals surface area contributed by atoms with Gasteiger partial charge in [0.15, 0.2) is 0 Å². The van der Waals surface area contributed by atoms with Crippen molar-refractivity contribution in [2.24, 2.45) is 0 Å². The molecule has 0 aromatic carbocycles. The van der Waals surface area contributed by atoms with Crippen molar-refractivity contribution in [2.45, 2.75) is 6.10 Å². The highest BCUT2D eigenvalue weighted by Gasteiger charge is 2.21. The van der Waals surface area contributed by atoms with Crippen LogP contribution in [0, 0.1) is 0 Å². The summed E-state index contributed by atoms with van der Waals surface area (Å²) in [6, 6.07) is 0. The fourth-order valence-electron chi connectivity index (χ4n) is 0.340. The standard InChI is InChI=1S/C5H8O2.CHO2/c1-2-6-3-5-4-7-5;2-1-3/h2,5H,1,3-4H2;(H,2,3). The predicted octanol–water partition coefficient (Wildman–Crippen LogP) is 0.157. The molecule has 1 unspecified atom stereocenters. The zero-order chi connectivity index (χ0) is 7.82. The van der Waals surface area contributed by atoms with Gasteiger partial charge in [-0.05, 0) is 0 Å². The molecule has 4 nitrogen and oxygen atoms in total. The van der Waals surface area contributed by atoms with Crippen molar-refractivity contribution in [2.75, 3.05) is 13.2 Å². The largest absolute Gasteiger partial charge is 0.499 e. The van der Waals surface area contributed by atoms with E-state index in [1.165, 1.54) is 6.26 Å². The van der Waals surface area contributed by atoms with Crippen LogP contribution >= 0.6 is 0 Å². The van der Waals surface area contributed by atoms with Crippen LogP contribution in [-0.2, 0) is 14.3 Å². The van der Waals surface area contributed by atoms with Gasteiger partial charge in [-0.1, -0.05) is 6.58 Å². The molecular weight excluding hydrogens is 136 g/mol. The average Bonchev–Trinajstić information content (AvgIpc) is 2.68. The first-order valence-electron chi connectivity index (χ1n) is 2.70. The molecular formula is C6H9O4. The van der Waals surface area contributed by atoms with Gasteiger partial charge in [0.1, 0.15) is 12.7 Å². The van der Waals surface area contributed by atoms with Crippen molar-refractivity contribution in [3.63, 3.8) is 0 Å². The van der Waals surface area contributed by atoms with E-state index in [2.05, 4.69) is 6.58 Å². The Kier molecular flexibility index (Phi) is 5.47. The first-order chi connectivity index (χ1) is 4.85. The zero-order valence-corrected chi connectivity index (χ0v) is 5.45. The summed E-state index contributed by atoms with van der Waals surface area (Å²) < 4.78 is 9.63. The van der Waals surface area contributed by atoms with Crippen LogP contribution in [0.2, 0.25) is 0 Å². The smallest absolute Gasteiger partial charge is 0.414 e. The maximum absolute atomic E-state index is 8.24. The Morgan fingerprint density at radius 2 is 2.50 bits per heavy atom. The fraction of sp³-hybridized carbons (Fsp3) is 0.500. The van der Waals surface area contributed by atoms with Gasteiger partial charge >= 0.3 is 6.47 Å². The van der Waals surface area contributed by atoms with E-state index in [0.717, 1.165) is 6.61 Å². The lowest BCUT2D eigenvalue weighted by atomic mass is 10.5. The highest BCUT2D eigenvalue weighted by atomic mass is 16.6. The lowest BCUT2D eigenvalue weighted by Crippen LogP contribution is -1.94. The SMILES string of the molecule is C=COCC1CO1.O=[C]O. The Morgan fingerprint density at radius 1 is 2.00 bits per heavy atom. The third-order valence-corrected chi connectivity index (χ3v) is 0.802. The lowest BCUT2D eigenvalue weighted by Gasteiger charge is -1.90. The topological polar surface area (TPSA) is 59.1 Å². The Bertz CT molecular complexity index is 97.9. The lowest BCUT2D eigenvalue weighted by molar-refractivity contribution is 0.213. The van der Waals surface area contributed by atoms with Crippen LogP contribution < -0.4 is 0 Å². The Balaban J connectivity index is 0.000000236. The number of hydrogen-bond donors (Lipinski definition) is 1. The molecule has 10 heavy (non-hydrogen) atoms. The van der Waals surface area contributed by atoms with E-state index in [9.17, 15) is 0 Å². The van der Waals surface area contributed by atoms with Crippen LogP contribution in [0.4, 0.5) is 0 Å². The van der Waals surface area contributed by atoms with Gasteiger partial charge in [0.05, 0.1) is 12.9 Å². The number of hydrogen-bond acceptors (Lipinski definition) is 3. The van der Waals surface area contributed by atoms with Gasteiger partial charge in [0.2, 0.25) is 0 Å². The summed E-state index contributed by atoms with van der Waals surface area (Å²) in [5, 5.41) is 6.76. The highest BCUT2D eigenvalue weighted by Crippen LogP contribution is 2.07. The van der Waals surface area contributed by atoms with E-state index in [1.54, 1.807) is 0 Å². The zero-order valence-electron chi connectivity index (χ0n) is 5.45. The van der Waals surface area contributed by atoms with Gasteiger partial charge in [-0.2, -0.15) is 0 Å². The second kappa shape index (κ2) is 6.10. The second-order valence-electron chi connectivity index (χ2n) is 1.55. The minimum absolute atomic E-state index is 0.359. The van der Waals surface area contributed by atoms with Gasteiger partial charge in [0, 0.05) is 0 Å². The first kappa shape index (κ1) is 8.97. The molecule has 4 heteroatoms. The van der Waals surface area contributed by atoms with Crippen LogP contribution in [0.5, 0.6) is 0 Å². The number of rotatable bonds is 3. The molecule has 1 saturated heterocycles. The molecule has 0 aliphatic carbocycles. The molecule has 0 amide bonds.